The minimum atomic E-state index is 0.667. The van der Waals surface area contributed by atoms with E-state index in [0.717, 1.165) is 18.7 Å². The van der Waals surface area contributed by atoms with Crippen molar-refractivity contribution in [1.29, 1.82) is 0 Å². The van der Waals surface area contributed by atoms with Crippen LogP contribution in [0.15, 0.2) is 12.3 Å². The topological polar surface area (TPSA) is 61.7 Å². The molecule has 2 aromatic rings. The van der Waals surface area contributed by atoms with Crippen molar-refractivity contribution in [1.82, 2.24) is 19.6 Å². The molecule has 2 heterocycles. The second kappa shape index (κ2) is 3.37. The van der Waals surface area contributed by atoms with Crippen LogP contribution in [0.2, 0.25) is 0 Å². The molecule has 0 bridgehead atoms. The van der Waals surface area contributed by atoms with E-state index in [1.165, 1.54) is 24.1 Å². The molecule has 3 rings (SSSR count). The average Bonchev–Trinajstić information content (AvgIpc) is 2.84. The smallest absolute Gasteiger partial charge is 0.175 e. The van der Waals surface area contributed by atoms with Crippen LogP contribution in [-0.2, 0) is 19.9 Å². The summed E-state index contributed by atoms with van der Waals surface area (Å²) in [5.41, 5.74) is 8.40. The van der Waals surface area contributed by atoms with Crippen LogP contribution in [0.5, 0.6) is 0 Å². The van der Waals surface area contributed by atoms with E-state index in [2.05, 4.69) is 10.2 Å². The summed E-state index contributed by atoms with van der Waals surface area (Å²) in [6, 6.07) is 1.96. The molecule has 2 N–H and O–H groups in total. The molecule has 0 amide bonds. The van der Waals surface area contributed by atoms with Crippen LogP contribution < -0.4 is 5.73 Å². The first kappa shape index (κ1) is 9.45. The zero-order chi connectivity index (χ0) is 11.1. The Balaban J connectivity index is 2.14. The highest BCUT2D eigenvalue weighted by molar-refractivity contribution is 5.46. The van der Waals surface area contributed by atoms with Crippen molar-refractivity contribution in [2.24, 2.45) is 7.05 Å². The third-order valence-electron chi connectivity index (χ3n) is 3.13. The molecule has 5 heteroatoms. The standard InChI is InChI=1S/C11H15N5/c1-15-7-6-10(13-15)16-9-5-3-2-4-8(9)11(12)14-16/h6-7H,2-5H2,1H3,(H2,12,14). The van der Waals surface area contributed by atoms with Gasteiger partial charge in [-0.15, -0.1) is 5.10 Å². The van der Waals surface area contributed by atoms with E-state index in [9.17, 15) is 0 Å². The summed E-state index contributed by atoms with van der Waals surface area (Å²) >= 11 is 0. The Kier molecular flexibility index (Phi) is 1.99. The first-order chi connectivity index (χ1) is 7.75. The number of fused-ring (bicyclic) bond motifs is 1. The Morgan fingerprint density at radius 1 is 1.25 bits per heavy atom. The molecule has 2 aromatic heterocycles. The number of nitrogens with two attached hydrogens (primary N) is 1. The highest BCUT2D eigenvalue weighted by Crippen LogP contribution is 2.27. The van der Waals surface area contributed by atoms with Gasteiger partial charge in [0.05, 0.1) is 5.69 Å². The fourth-order valence-corrected chi connectivity index (χ4v) is 2.33. The van der Waals surface area contributed by atoms with Gasteiger partial charge in [-0.05, 0) is 25.7 Å². The summed E-state index contributed by atoms with van der Waals surface area (Å²) in [6.45, 7) is 0. The SMILES string of the molecule is Cn1ccc(-n2nc(N)c3c2CCCC3)n1. The van der Waals surface area contributed by atoms with E-state index >= 15 is 0 Å². The van der Waals surface area contributed by atoms with E-state index in [1.54, 1.807) is 4.68 Å². The number of nitrogen functional groups attached to an aromatic ring is 1. The molecule has 0 atom stereocenters. The van der Waals surface area contributed by atoms with Crippen molar-refractivity contribution in [3.8, 4) is 5.82 Å². The van der Waals surface area contributed by atoms with Crippen LogP contribution in [0, 0.1) is 0 Å². The van der Waals surface area contributed by atoms with Crippen LogP contribution in [0.4, 0.5) is 5.82 Å². The molecule has 0 radical (unpaired) electrons. The monoisotopic (exact) mass is 217 g/mol. The maximum absolute atomic E-state index is 5.94. The van der Waals surface area contributed by atoms with Crippen molar-refractivity contribution < 1.29 is 0 Å². The van der Waals surface area contributed by atoms with Crippen LogP contribution in [0.3, 0.4) is 0 Å². The molecule has 0 spiro atoms. The van der Waals surface area contributed by atoms with Gasteiger partial charge < -0.3 is 5.73 Å². The van der Waals surface area contributed by atoms with Gasteiger partial charge in [0.25, 0.3) is 0 Å². The van der Waals surface area contributed by atoms with Gasteiger partial charge in [-0.2, -0.15) is 5.10 Å². The van der Waals surface area contributed by atoms with E-state index in [-0.39, 0.29) is 0 Å². The molecule has 1 aliphatic carbocycles. The van der Waals surface area contributed by atoms with Crippen LogP contribution >= 0.6 is 0 Å². The molecule has 0 saturated carbocycles. The number of aromatic nitrogens is 4. The molecular formula is C11H15N5. The Bertz CT molecular complexity index is 522. The third-order valence-corrected chi connectivity index (χ3v) is 3.13. The maximum atomic E-state index is 5.94. The molecule has 0 unspecified atom stereocenters. The first-order valence-corrected chi connectivity index (χ1v) is 5.62. The van der Waals surface area contributed by atoms with Gasteiger partial charge in [-0.1, -0.05) is 0 Å². The third kappa shape index (κ3) is 1.31. The Morgan fingerprint density at radius 2 is 2.06 bits per heavy atom. The minimum Gasteiger partial charge on any atom is -0.382 e. The quantitative estimate of drug-likeness (QED) is 0.777. The van der Waals surface area contributed by atoms with Gasteiger partial charge in [0.2, 0.25) is 0 Å². The fraction of sp³-hybridized carbons (Fsp3) is 0.455. The summed E-state index contributed by atoms with van der Waals surface area (Å²) in [6.07, 6.45) is 6.45. The summed E-state index contributed by atoms with van der Waals surface area (Å²) in [7, 11) is 1.91. The molecule has 0 fully saturated rings. The number of nitrogens with zero attached hydrogens (tertiary/aromatic N) is 4. The van der Waals surface area contributed by atoms with Crippen molar-refractivity contribution >= 4 is 5.82 Å². The highest BCUT2D eigenvalue weighted by atomic mass is 15.4. The molecule has 0 aromatic carbocycles. The number of rotatable bonds is 1. The number of anilines is 1. The molecule has 5 nitrogen and oxygen atoms in total. The molecule has 0 saturated heterocycles. The summed E-state index contributed by atoms with van der Waals surface area (Å²) in [4.78, 5) is 0. The van der Waals surface area contributed by atoms with Crippen molar-refractivity contribution in [3.63, 3.8) is 0 Å². The summed E-state index contributed by atoms with van der Waals surface area (Å²) < 4.78 is 3.67. The van der Waals surface area contributed by atoms with Gasteiger partial charge in [-0.25, -0.2) is 4.68 Å². The highest BCUT2D eigenvalue weighted by Gasteiger charge is 2.20. The van der Waals surface area contributed by atoms with Crippen LogP contribution in [-0.4, -0.2) is 19.6 Å². The maximum Gasteiger partial charge on any atom is 0.175 e. The summed E-state index contributed by atoms with van der Waals surface area (Å²) in [5, 5.41) is 8.76. The van der Waals surface area contributed by atoms with E-state index in [4.69, 9.17) is 5.73 Å². The second-order valence-corrected chi connectivity index (χ2v) is 4.28. The van der Waals surface area contributed by atoms with E-state index < -0.39 is 0 Å². The van der Waals surface area contributed by atoms with Crippen molar-refractivity contribution in [3.05, 3.63) is 23.5 Å². The van der Waals surface area contributed by atoms with E-state index in [1.807, 2.05) is 24.0 Å². The largest absolute Gasteiger partial charge is 0.382 e. The molecule has 0 aliphatic heterocycles. The number of hydrogen-bond acceptors (Lipinski definition) is 3. The molecule has 16 heavy (non-hydrogen) atoms. The lowest BCUT2D eigenvalue weighted by atomic mass is 9.97. The Labute approximate surface area is 93.9 Å². The minimum absolute atomic E-state index is 0.667. The number of aryl methyl sites for hydroxylation is 1. The zero-order valence-corrected chi connectivity index (χ0v) is 9.35. The predicted molar refractivity (Wildman–Crippen MR) is 61.4 cm³/mol. The van der Waals surface area contributed by atoms with Crippen molar-refractivity contribution in [2.75, 3.05) is 5.73 Å². The lowest BCUT2D eigenvalue weighted by molar-refractivity contribution is 0.642. The van der Waals surface area contributed by atoms with Gasteiger partial charge in [0.1, 0.15) is 5.82 Å². The van der Waals surface area contributed by atoms with E-state index in [0.29, 0.717) is 5.82 Å². The first-order valence-electron chi connectivity index (χ1n) is 5.62. The zero-order valence-electron chi connectivity index (χ0n) is 9.35. The second-order valence-electron chi connectivity index (χ2n) is 4.28. The normalized spacial score (nSPS) is 15.1. The lowest BCUT2D eigenvalue weighted by Gasteiger charge is -2.12. The van der Waals surface area contributed by atoms with Gasteiger partial charge >= 0.3 is 0 Å². The summed E-state index contributed by atoms with van der Waals surface area (Å²) in [5.74, 6) is 1.53. The van der Waals surface area contributed by atoms with Crippen LogP contribution in [0.1, 0.15) is 24.1 Å². The molecule has 84 valence electrons. The van der Waals surface area contributed by atoms with Gasteiger partial charge in [0.15, 0.2) is 5.82 Å². The molecule has 1 aliphatic rings. The van der Waals surface area contributed by atoms with Crippen LogP contribution in [0.25, 0.3) is 5.82 Å². The van der Waals surface area contributed by atoms with Crippen molar-refractivity contribution in [2.45, 2.75) is 25.7 Å². The fourth-order valence-electron chi connectivity index (χ4n) is 2.33. The predicted octanol–water partition coefficient (Wildman–Crippen LogP) is 1.07. The average molecular weight is 217 g/mol. The Hall–Kier alpha value is -1.78. The lowest BCUT2D eigenvalue weighted by Crippen LogP contribution is -2.08. The Morgan fingerprint density at radius 3 is 2.81 bits per heavy atom. The molecular weight excluding hydrogens is 202 g/mol. The van der Waals surface area contributed by atoms with Gasteiger partial charge in [-0.3, -0.25) is 4.68 Å². The van der Waals surface area contributed by atoms with Gasteiger partial charge in [0, 0.05) is 24.9 Å². The number of hydrogen-bond donors (Lipinski definition) is 1.